The lowest BCUT2D eigenvalue weighted by molar-refractivity contribution is -0.149. The van der Waals surface area contributed by atoms with Crippen molar-refractivity contribution in [1.29, 1.82) is 0 Å². The van der Waals surface area contributed by atoms with E-state index in [1.54, 1.807) is 0 Å². The van der Waals surface area contributed by atoms with Gasteiger partial charge in [0.1, 0.15) is 0 Å². The molecule has 0 saturated heterocycles. The van der Waals surface area contributed by atoms with E-state index in [1.165, 1.54) is 4.90 Å². The zero-order valence-corrected chi connectivity index (χ0v) is 12.9. The Labute approximate surface area is 115 Å². The molecule has 1 N–H and O–H groups in total. The van der Waals surface area contributed by atoms with E-state index in [1.807, 2.05) is 27.7 Å². The Bertz CT molecular complexity index is 239. The highest BCUT2D eigenvalue weighted by Gasteiger charge is 2.34. The van der Waals surface area contributed by atoms with Crippen molar-refractivity contribution in [2.75, 3.05) is 26.2 Å². The van der Waals surface area contributed by atoms with Gasteiger partial charge in [-0.3, -0.25) is 4.90 Å². The van der Waals surface area contributed by atoms with Gasteiger partial charge < -0.3 is 5.32 Å². The van der Waals surface area contributed by atoms with Gasteiger partial charge in [-0.05, 0) is 38.3 Å². The molecule has 1 atom stereocenters. The van der Waals surface area contributed by atoms with Gasteiger partial charge in [-0.1, -0.05) is 27.7 Å². The van der Waals surface area contributed by atoms with Crippen LogP contribution >= 0.6 is 0 Å². The van der Waals surface area contributed by atoms with E-state index >= 15 is 0 Å². The minimum absolute atomic E-state index is 0.185. The number of hydrogen-bond donors (Lipinski definition) is 1. The van der Waals surface area contributed by atoms with Crippen molar-refractivity contribution >= 4 is 0 Å². The Balaban J connectivity index is 4.53. The third-order valence-corrected chi connectivity index (χ3v) is 3.45. The molecule has 1 unspecified atom stereocenters. The fourth-order valence-electron chi connectivity index (χ4n) is 2.13. The van der Waals surface area contributed by atoms with E-state index in [4.69, 9.17) is 0 Å². The average Bonchev–Trinajstić information content (AvgIpc) is 2.23. The second kappa shape index (κ2) is 8.10. The Morgan fingerprint density at radius 2 is 1.63 bits per heavy atom. The molecule has 0 aromatic heterocycles. The molecule has 0 saturated carbocycles. The highest BCUT2D eigenvalue weighted by molar-refractivity contribution is 4.84. The molecule has 0 aliphatic heterocycles. The zero-order chi connectivity index (χ0) is 15.1. The molecule has 0 spiro atoms. The summed E-state index contributed by atoms with van der Waals surface area (Å²) in [6.07, 6.45) is -2.35. The van der Waals surface area contributed by atoms with Crippen LogP contribution in [0.4, 0.5) is 13.2 Å². The lowest BCUT2D eigenvalue weighted by Crippen LogP contribution is -2.49. The SMILES string of the molecule is CCCNC(C)C(C)(C)CN(CCC)CC(F)(F)F. The van der Waals surface area contributed by atoms with E-state index < -0.39 is 12.7 Å². The van der Waals surface area contributed by atoms with Crippen LogP contribution in [0, 0.1) is 5.41 Å². The summed E-state index contributed by atoms with van der Waals surface area (Å²) in [5.41, 5.74) is -0.185. The summed E-state index contributed by atoms with van der Waals surface area (Å²) in [7, 11) is 0. The molecule has 0 aromatic rings. The second-order valence-electron chi connectivity index (χ2n) is 5.99. The molecule has 0 radical (unpaired) electrons. The van der Waals surface area contributed by atoms with Crippen LogP contribution in [0.25, 0.3) is 0 Å². The summed E-state index contributed by atoms with van der Waals surface area (Å²) in [6.45, 7) is 11.1. The quantitative estimate of drug-likeness (QED) is 0.694. The summed E-state index contributed by atoms with van der Waals surface area (Å²) >= 11 is 0. The second-order valence-corrected chi connectivity index (χ2v) is 5.99. The van der Waals surface area contributed by atoms with Crippen molar-refractivity contribution in [2.45, 2.75) is 59.7 Å². The van der Waals surface area contributed by atoms with E-state index in [9.17, 15) is 13.2 Å². The van der Waals surface area contributed by atoms with Crippen LogP contribution in [-0.2, 0) is 0 Å². The zero-order valence-electron chi connectivity index (χ0n) is 12.9. The Hall–Kier alpha value is -0.290. The number of nitrogens with zero attached hydrogens (tertiary/aromatic N) is 1. The molecule has 0 amide bonds. The maximum absolute atomic E-state index is 12.6. The van der Waals surface area contributed by atoms with Crippen molar-refractivity contribution in [2.24, 2.45) is 5.41 Å². The third-order valence-electron chi connectivity index (χ3n) is 3.45. The van der Waals surface area contributed by atoms with Crippen molar-refractivity contribution in [3.63, 3.8) is 0 Å². The van der Waals surface area contributed by atoms with Crippen LogP contribution in [-0.4, -0.2) is 43.3 Å². The summed E-state index contributed by atoms with van der Waals surface area (Å²) in [6, 6.07) is 0.194. The number of hydrogen-bond acceptors (Lipinski definition) is 2. The summed E-state index contributed by atoms with van der Waals surface area (Å²) in [5.74, 6) is 0. The first-order chi connectivity index (χ1) is 8.62. The van der Waals surface area contributed by atoms with E-state index in [-0.39, 0.29) is 11.5 Å². The normalized spacial score (nSPS) is 15.0. The minimum atomic E-state index is -4.12. The summed E-state index contributed by atoms with van der Waals surface area (Å²) < 4.78 is 37.7. The molecule has 5 heteroatoms. The van der Waals surface area contributed by atoms with Crippen LogP contribution in [0.1, 0.15) is 47.5 Å². The first-order valence-electron chi connectivity index (χ1n) is 7.15. The third kappa shape index (κ3) is 8.47. The van der Waals surface area contributed by atoms with E-state index in [0.29, 0.717) is 13.1 Å². The van der Waals surface area contributed by atoms with Gasteiger partial charge in [-0.15, -0.1) is 0 Å². The summed E-state index contributed by atoms with van der Waals surface area (Å²) in [5, 5.41) is 3.37. The van der Waals surface area contributed by atoms with E-state index in [0.717, 1.165) is 19.4 Å². The van der Waals surface area contributed by atoms with Crippen LogP contribution < -0.4 is 5.32 Å². The fourth-order valence-corrected chi connectivity index (χ4v) is 2.13. The highest BCUT2D eigenvalue weighted by atomic mass is 19.4. The molecule has 116 valence electrons. The van der Waals surface area contributed by atoms with Crippen molar-refractivity contribution in [3.8, 4) is 0 Å². The Morgan fingerprint density at radius 1 is 1.05 bits per heavy atom. The van der Waals surface area contributed by atoms with Crippen molar-refractivity contribution in [3.05, 3.63) is 0 Å². The largest absolute Gasteiger partial charge is 0.401 e. The van der Waals surface area contributed by atoms with Gasteiger partial charge in [0.2, 0.25) is 0 Å². The van der Waals surface area contributed by atoms with Gasteiger partial charge in [0, 0.05) is 12.6 Å². The molecule has 0 aliphatic carbocycles. The van der Waals surface area contributed by atoms with Gasteiger partial charge in [-0.2, -0.15) is 13.2 Å². The number of rotatable bonds is 9. The maximum atomic E-state index is 12.6. The lowest BCUT2D eigenvalue weighted by atomic mass is 9.84. The Morgan fingerprint density at radius 3 is 2.05 bits per heavy atom. The smallest absolute Gasteiger partial charge is 0.314 e. The molecule has 0 aliphatic rings. The monoisotopic (exact) mass is 282 g/mol. The maximum Gasteiger partial charge on any atom is 0.401 e. The molecular formula is C14H29F3N2. The fraction of sp³-hybridized carbons (Fsp3) is 1.00. The number of nitrogens with one attached hydrogen (secondary N) is 1. The predicted octanol–water partition coefficient (Wildman–Crippen LogP) is 3.68. The average molecular weight is 282 g/mol. The van der Waals surface area contributed by atoms with Gasteiger partial charge in [0.15, 0.2) is 0 Å². The standard InChI is InChI=1S/C14H29F3N2/c1-6-8-18-12(3)13(4,5)10-19(9-7-2)11-14(15,16)17/h12,18H,6-11H2,1-5H3. The first kappa shape index (κ1) is 18.7. The van der Waals surface area contributed by atoms with Crippen LogP contribution in [0.5, 0.6) is 0 Å². The molecule has 0 heterocycles. The highest BCUT2D eigenvalue weighted by Crippen LogP contribution is 2.25. The molecule has 19 heavy (non-hydrogen) atoms. The van der Waals surface area contributed by atoms with Gasteiger partial charge in [0.25, 0.3) is 0 Å². The predicted molar refractivity (Wildman–Crippen MR) is 74.3 cm³/mol. The first-order valence-corrected chi connectivity index (χ1v) is 7.15. The van der Waals surface area contributed by atoms with Crippen LogP contribution in [0.15, 0.2) is 0 Å². The molecule has 0 rings (SSSR count). The lowest BCUT2D eigenvalue weighted by Gasteiger charge is -2.38. The molecule has 0 fully saturated rings. The molecule has 2 nitrogen and oxygen atoms in total. The van der Waals surface area contributed by atoms with Gasteiger partial charge in [-0.25, -0.2) is 0 Å². The number of halogens is 3. The summed E-state index contributed by atoms with van der Waals surface area (Å²) in [4.78, 5) is 1.52. The van der Waals surface area contributed by atoms with Gasteiger partial charge >= 0.3 is 6.18 Å². The number of alkyl halides is 3. The van der Waals surface area contributed by atoms with E-state index in [2.05, 4.69) is 12.2 Å². The Kier molecular flexibility index (Phi) is 7.98. The van der Waals surface area contributed by atoms with Crippen molar-refractivity contribution in [1.82, 2.24) is 10.2 Å². The van der Waals surface area contributed by atoms with Crippen molar-refractivity contribution < 1.29 is 13.2 Å². The topological polar surface area (TPSA) is 15.3 Å². The minimum Gasteiger partial charge on any atom is -0.314 e. The van der Waals surface area contributed by atoms with Crippen LogP contribution in [0.2, 0.25) is 0 Å². The molecule has 0 bridgehead atoms. The van der Waals surface area contributed by atoms with Gasteiger partial charge in [0.05, 0.1) is 6.54 Å². The molecular weight excluding hydrogens is 253 g/mol. The molecule has 0 aromatic carbocycles. The van der Waals surface area contributed by atoms with Crippen LogP contribution in [0.3, 0.4) is 0 Å².